The summed E-state index contributed by atoms with van der Waals surface area (Å²) in [5.41, 5.74) is 7.09. The lowest BCUT2D eigenvalue weighted by molar-refractivity contribution is 0.0527. The third kappa shape index (κ3) is 7.61. The number of alkyl carbamates (subject to hydrolysis) is 1. The fourth-order valence-corrected chi connectivity index (χ4v) is 1.78. The van der Waals surface area contributed by atoms with E-state index in [1.54, 1.807) is 6.20 Å². The van der Waals surface area contributed by atoms with E-state index in [-0.39, 0.29) is 6.09 Å². The monoisotopic (exact) mass is 279 g/mol. The van der Waals surface area contributed by atoms with Crippen LogP contribution in [0.4, 0.5) is 10.5 Å². The molecule has 0 atom stereocenters. The first-order chi connectivity index (χ1) is 9.37. The Hall–Kier alpha value is -1.78. The number of nitrogen functional groups attached to an aromatic ring is 1. The molecule has 112 valence electrons. The molecule has 0 aliphatic rings. The van der Waals surface area contributed by atoms with E-state index < -0.39 is 5.60 Å². The van der Waals surface area contributed by atoms with Crippen LogP contribution in [0.5, 0.6) is 0 Å². The van der Waals surface area contributed by atoms with Gasteiger partial charge < -0.3 is 15.8 Å². The molecule has 0 unspecified atom stereocenters. The van der Waals surface area contributed by atoms with E-state index in [9.17, 15) is 4.79 Å². The molecule has 0 aromatic carbocycles. The molecular formula is C15H25N3O2. The van der Waals surface area contributed by atoms with Crippen molar-refractivity contribution < 1.29 is 9.53 Å². The zero-order chi connectivity index (χ0) is 15.0. The Balaban J connectivity index is 2.07. The van der Waals surface area contributed by atoms with Crippen LogP contribution >= 0.6 is 0 Å². The highest BCUT2D eigenvalue weighted by molar-refractivity contribution is 5.67. The molecule has 5 heteroatoms. The maximum atomic E-state index is 11.4. The van der Waals surface area contributed by atoms with E-state index in [1.165, 1.54) is 0 Å². The third-order valence-electron chi connectivity index (χ3n) is 2.63. The van der Waals surface area contributed by atoms with Crippen molar-refractivity contribution >= 4 is 11.8 Å². The van der Waals surface area contributed by atoms with Crippen molar-refractivity contribution in [3.05, 3.63) is 24.0 Å². The van der Waals surface area contributed by atoms with Gasteiger partial charge in [0.1, 0.15) is 5.60 Å². The van der Waals surface area contributed by atoms with Crippen LogP contribution < -0.4 is 11.1 Å². The SMILES string of the molecule is CC(C)(C)OC(=O)NCCCCCc1cncc(N)c1. The molecule has 5 nitrogen and oxygen atoms in total. The van der Waals surface area contributed by atoms with Crippen molar-refractivity contribution in [1.29, 1.82) is 0 Å². The van der Waals surface area contributed by atoms with Crippen molar-refractivity contribution in [2.45, 2.75) is 52.1 Å². The second kappa shape index (κ2) is 7.72. The number of carbonyl (C=O) groups is 1. The standard InChI is InChI=1S/C15H25N3O2/c1-15(2,3)20-14(19)18-8-6-4-5-7-12-9-13(16)11-17-10-12/h9-11H,4-8,16H2,1-3H3,(H,18,19). The van der Waals surface area contributed by atoms with Gasteiger partial charge >= 0.3 is 6.09 Å². The number of hydrogen-bond donors (Lipinski definition) is 2. The average Bonchev–Trinajstić information content (AvgIpc) is 2.31. The van der Waals surface area contributed by atoms with Gasteiger partial charge in [0.25, 0.3) is 0 Å². The summed E-state index contributed by atoms with van der Waals surface area (Å²) in [5.74, 6) is 0. The van der Waals surface area contributed by atoms with Crippen LogP contribution in [-0.4, -0.2) is 23.2 Å². The van der Waals surface area contributed by atoms with Gasteiger partial charge in [0, 0.05) is 18.9 Å². The quantitative estimate of drug-likeness (QED) is 0.785. The first-order valence-corrected chi connectivity index (χ1v) is 7.03. The van der Waals surface area contributed by atoms with E-state index >= 15 is 0 Å². The molecule has 0 aliphatic heterocycles. The van der Waals surface area contributed by atoms with Crippen LogP contribution in [0.2, 0.25) is 0 Å². The van der Waals surface area contributed by atoms with Crippen LogP contribution in [0.1, 0.15) is 45.6 Å². The molecule has 0 saturated carbocycles. The molecule has 20 heavy (non-hydrogen) atoms. The highest BCUT2D eigenvalue weighted by atomic mass is 16.6. The largest absolute Gasteiger partial charge is 0.444 e. The van der Waals surface area contributed by atoms with Gasteiger partial charge in [-0.25, -0.2) is 4.79 Å². The molecule has 0 aliphatic carbocycles. The zero-order valence-electron chi connectivity index (χ0n) is 12.6. The number of aromatic nitrogens is 1. The number of nitrogens with two attached hydrogens (primary N) is 1. The molecule has 0 spiro atoms. The molecule has 0 bridgehead atoms. The smallest absolute Gasteiger partial charge is 0.407 e. The summed E-state index contributed by atoms with van der Waals surface area (Å²) in [7, 11) is 0. The number of anilines is 1. The molecule has 1 heterocycles. The van der Waals surface area contributed by atoms with Gasteiger partial charge in [-0.1, -0.05) is 6.42 Å². The van der Waals surface area contributed by atoms with E-state index in [1.807, 2.05) is 33.0 Å². The molecular weight excluding hydrogens is 254 g/mol. The van der Waals surface area contributed by atoms with E-state index in [2.05, 4.69) is 10.3 Å². The van der Waals surface area contributed by atoms with Gasteiger partial charge in [0.15, 0.2) is 0 Å². The average molecular weight is 279 g/mol. The number of unbranched alkanes of at least 4 members (excludes halogenated alkanes) is 2. The summed E-state index contributed by atoms with van der Waals surface area (Å²) < 4.78 is 5.15. The van der Waals surface area contributed by atoms with Gasteiger partial charge in [-0.15, -0.1) is 0 Å². The Bertz CT molecular complexity index is 427. The van der Waals surface area contributed by atoms with E-state index in [0.29, 0.717) is 12.2 Å². The molecule has 0 saturated heterocycles. The Morgan fingerprint density at radius 3 is 2.70 bits per heavy atom. The van der Waals surface area contributed by atoms with E-state index in [4.69, 9.17) is 10.5 Å². The number of ether oxygens (including phenoxy) is 1. The Labute approximate surface area is 120 Å². The second-order valence-corrected chi connectivity index (χ2v) is 5.87. The normalized spacial score (nSPS) is 11.2. The minimum absolute atomic E-state index is 0.350. The van der Waals surface area contributed by atoms with Crippen molar-refractivity contribution in [2.24, 2.45) is 0 Å². The van der Waals surface area contributed by atoms with Gasteiger partial charge in [0.2, 0.25) is 0 Å². The Morgan fingerprint density at radius 1 is 1.30 bits per heavy atom. The summed E-state index contributed by atoms with van der Waals surface area (Å²) in [6.07, 6.45) is 7.15. The molecule has 1 aromatic rings. The third-order valence-corrected chi connectivity index (χ3v) is 2.63. The van der Waals surface area contributed by atoms with Crippen LogP contribution in [0, 0.1) is 0 Å². The number of amides is 1. The number of nitrogens with one attached hydrogen (secondary N) is 1. The predicted octanol–water partition coefficient (Wildman–Crippen LogP) is 2.90. The summed E-state index contributed by atoms with van der Waals surface area (Å²) in [4.78, 5) is 15.5. The van der Waals surface area contributed by atoms with Crippen molar-refractivity contribution in [2.75, 3.05) is 12.3 Å². The molecule has 1 aromatic heterocycles. The lowest BCUT2D eigenvalue weighted by Crippen LogP contribution is -2.32. The minimum Gasteiger partial charge on any atom is -0.444 e. The summed E-state index contributed by atoms with van der Waals surface area (Å²) >= 11 is 0. The molecule has 0 fully saturated rings. The number of pyridine rings is 1. The summed E-state index contributed by atoms with van der Waals surface area (Å²) in [6.45, 7) is 6.20. The highest BCUT2D eigenvalue weighted by Gasteiger charge is 2.15. The molecule has 0 radical (unpaired) electrons. The molecule has 3 N–H and O–H groups in total. The van der Waals surface area contributed by atoms with Crippen molar-refractivity contribution in [1.82, 2.24) is 10.3 Å². The van der Waals surface area contributed by atoms with Crippen LogP contribution in [0.15, 0.2) is 18.5 Å². The van der Waals surface area contributed by atoms with Crippen LogP contribution in [-0.2, 0) is 11.2 Å². The number of carbonyl (C=O) groups excluding carboxylic acids is 1. The first-order valence-electron chi connectivity index (χ1n) is 7.03. The first kappa shape index (κ1) is 16.3. The van der Waals surface area contributed by atoms with Gasteiger partial charge in [0.05, 0.1) is 5.69 Å². The number of nitrogens with zero attached hydrogens (tertiary/aromatic N) is 1. The predicted molar refractivity (Wildman–Crippen MR) is 80.4 cm³/mol. The number of rotatable bonds is 6. The van der Waals surface area contributed by atoms with Gasteiger partial charge in [-0.05, 0) is 51.7 Å². The van der Waals surface area contributed by atoms with E-state index in [0.717, 1.165) is 31.2 Å². The highest BCUT2D eigenvalue weighted by Crippen LogP contribution is 2.09. The maximum absolute atomic E-state index is 11.4. The molecule has 1 rings (SSSR count). The summed E-state index contributed by atoms with van der Waals surface area (Å²) in [5, 5.41) is 2.75. The topological polar surface area (TPSA) is 77.2 Å². The zero-order valence-corrected chi connectivity index (χ0v) is 12.6. The molecule has 1 amide bonds. The summed E-state index contributed by atoms with van der Waals surface area (Å²) in [6, 6.07) is 1.95. The van der Waals surface area contributed by atoms with Crippen LogP contribution in [0.25, 0.3) is 0 Å². The van der Waals surface area contributed by atoms with Gasteiger partial charge in [-0.3, -0.25) is 4.98 Å². The van der Waals surface area contributed by atoms with Crippen molar-refractivity contribution in [3.63, 3.8) is 0 Å². The van der Waals surface area contributed by atoms with Crippen LogP contribution in [0.3, 0.4) is 0 Å². The van der Waals surface area contributed by atoms with Gasteiger partial charge in [-0.2, -0.15) is 0 Å². The lowest BCUT2D eigenvalue weighted by atomic mass is 10.1. The number of aryl methyl sites for hydroxylation is 1. The fourth-order valence-electron chi connectivity index (χ4n) is 1.78. The second-order valence-electron chi connectivity index (χ2n) is 5.87. The maximum Gasteiger partial charge on any atom is 0.407 e. The van der Waals surface area contributed by atoms with Crippen molar-refractivity contribution in [3.8, 4) is 0 Å². The number of hydrogen-bond acceptors (Lipinski definition) is 4. The fraction of sp³-hybridized carbons (Fsp3) is 0.600. The minimum atomic E-state index is -0.440. The Kier molecular flexibility index (Phi) is 6.28. The Morgan fingerprint density at radius 2 is 2.05 bits per heavy atom. The lowest BCUT2D eigenvalue weighted by Gasteiger charge is -2.19.